The van der Waals surface area contributed by atoms with Crippen LogP contribution in [0.5, 0.6) is 0 Å². The van der Waals surface area contributed by atoms with Gasteiger partial charge in [0.2, 0.25) is 10.0 Å². The van der Waals surface area contributed by atoms with Gasteiger partial charge in [0.15, 0.2) is 0 Å². The molecule has 6 rings (SSSR count). The number of hydrogen-bond acceptors (Lipinski definition) is 3. The second-order valence-corrected chi connectivity index (χ2v) is 13.0. The van der Waals surface area contributed by atoms with E-state index in [1.54, 1.807) is 12.1 Å². The molecule has 1 saturated heterocycles. The summed E-state index contributed by atoms with van der Waals surface area (Å²) >= 11 is 0. The van der Waals surface area contributed by atoms with Crippen molar-refractivity contribution in [2.24, 2.45) is 18.9 Å². The zero-order valence-corrected chi connectivity index (χ0v) is 21.8. The van der Waals surface area contributed by atoms with Crippen molar-refractivity contribution < 1.29 is 12.8 Å². The molecule has 1 saturated carbocycles. The average molecular weight is 508 g/mol. The van der Waals surface area contributed by atoms with Crippen molar-refractivity contribution in [3.05, 3.63) is 65.5 Å². The van der Waals surface area contributed by atoms with Gasteiger partial charge in [-0.15, -0.1) is 0 Å². The predicted molar refractivity (Wildman–Crippen MR) is 140 cm³/mol. The number of sulfonamides is 1. The lowest BCUT2D eigenvalue weighted by molar-refractivity contribution is 0.188. The molecule has 0 radical (unpaired) electrons. The van der Waals surface area contributed by atoms with Crippen LogP contribution in [0.25, 0.3) is 22.5 Å². The molecule has 1 aliphatic heterocycles. The molecule has 36 heavy (non-hydrogen) atoms. The molecule has 2 bridgehead atoms. The Morgan fingerprint density at radius 2 is 1.69 bits per heavy atom. The number of aromatic nitrogens is 2. The van der Waals surface area contributed by atoms with Crippen LogP contribution in [0.2, 0.25) is 0 Å². The van der Waals surface area contributed by atoms with Crippen LogP contribution < -0.4 is 4.72 Å². The summed E-state index contributed by atoms with van der Waals surface area (Å²) in [6, 6.07) is 15.2. The second-order valence-electron chi connectivity index (χ2n) is 11.0. The first-order chi connectivity index (χ1) is 17.3. The fourth-order valence-electron chi connectivity index (χ4n) is 7.17. The summed E-state index contributed by atoms with van der Waals surface area (Å²) < 4.78 is 45.0. The predicted octanol–water partition coefficient (Wildman–Crippen LogP) is 5.64. The second kappa shape index (κ2) is 8.80. The Balaban J connectivity index is 1.30. The van der Waals surface area contributed by atoms with Gasteiger partial charge in [0.25, 0.3) is 0 Å². The first kappa shape index (κ1) is 23.9. The van der Waals surface area contributed by atoms with Crippen molar-refractivity contribution in [1.82, 2.24) is 14.5 Å². The highest BCUT2D eigenvalue weighted by atomic mass is 32.2. The zero-order valence-electron chi connectivity index (χ0n) is 21.0. The van der Waals surface area contributed by atoms with E-state index in [1.165, 1.54) is 23.3 Å². The first-order valence-corrected chi connectivity index (χ1v) is 14.8. The van der Waals surface area contributed by atoms with Crippen molar-refractivity contribution in [2.45, 2.75) is 69.1 Å². The molecule has 1 unspecified atom stereocenters. The zero-order chi connectivity index (χ0) is 25.1. The largest absolute Gasteiger partial charge is 0.267 e. The van der Waals surface area contributed by atoms with Gasteiger partial charge in [0.05, 0.1) is 16.6 Å². The topological polar surface area (TPSA) is 64.0 Å². The van der Waals surface area contributed by atoms with Crippen LogP contribution in [0.15, 0.2) is 48.5 Å². The smallest absolute Gasteiger partial charge is 0.215 e. The summed E-state index contributed by atoms with van der Waals surface area (Å²) in [6.07, 6.45) is 7.37. The summed E-state index contributed by atoms with van der Waals surface area (Å²) in [5, 5.41) is 4.51. The Labute approximate surface area is 213 Å². The van der Waals surface area contributed by atoms with E-state index in [9.17, 15) is 12.8 Å². The minimum Gasteiger partial charge on any atom is -0.267 e. The van der Waals surface area contributed by atoms with E-state index in [4.69, 9.17) is 5.10 Å². The minimum atomic E-state index is -3.29. The van der Waals surface area contributed by atoms with Crippen LogP contribution in [0.1, 0.15) is 56.6 Å². The van der Waals surface area contributed by atoms with E-state index in [-0.39, 0.29) is 16.6 Å². The molecule has 0 amide bonds. The lowest BCUT2D eigenvalue weighted by atomic mass is 9.76. The summed E-state index contributed by atoms with van der Waals surface area (Å²) in [7, 11) is -1.38. The molecular weight excluding hydrogens is 473 g/mol. The van der Waals surface area contributed by atoms with Gasteiger partial charge in [-0.25, -0.2) is 17.5 Å². The fraction of sp³-hybridized carbons (Fsp3) is 0.483. The number of hydrogen-bond donors (Lipinski definition) is 1. The monoisotopic (exact) mass is 507 g/mol. The summed E-state index contributed by atoms with van der Waals surface area (Å²) in [4.78, 5) is 0. The van der Waals surface area contributed by atoms with Crippen molar-refractivity contribution in [2.75, 3.05) is 0 Å². The highest BCUT2D eigenvalue weighted by molar-refractivity contribution is 7.90. The summed E-state index contributed by atoms with van der Waals surface area (Å²) in [5.74, 6) is 0.432. The van der Waals surface area contributed by atoms with Gasteiger partial charge in [-0.2, -0.15) is 5.10 Å². The molecule has 1 spiro atoms. The van der Waals surface area contributed by atoms with Gasteiger partial charge in [-0.3, -0.25) is 4.68 Å². The maximum atomic E-state index is 13.4. The highest BCUT2D eigenvalue weighted by Gasteiger charge is 2.56. The Morgan fingerprint density at radius 1 is 1.00 bits per heavy atom. The van der Waals surface area contributed by atoms with Gasteiger partial charge in [-0.05, 0) is 110 Å². The van der Waals surface area contributed by atoms with Crippen LogP contribution in [0.4, 0.5) is 4.39 Å². The number of aryl methyl sites for hydroxylation is 1. The molecule has 2 aromatic carbocycles. The number of benzene rings is 2. The van der Waals surface area contributed by atoms with E-state index < -0.39 is 10.0 Å². The maximum Gasteiger partial charge on any atom is 0.215 e. The van der Waals surface area contributed by atoms with Gasteiger partial charge in [-0.1, -0.05) is 25.5 Å². The normalized spacial score (nSPS) is 28.7. The molecule has 1 N–H and O–H groups in total. The molecule has 5 nitrogen and oxygen atoms in total. The Bertz CT molecular complexity index is 1400. The highest BCUT2D eigenvalue weighted by Crippen LogP contribution is 2.52. The van der Waals surface area contributed by atoms with Crippen LogP contribution in [0.3, 0.4) is 0 Å². The van der Waals surface area contributed by atoms with Crippen molar-refractivity contribution >= 4 is 10.0 Å². The van der Waals surface area contributed by atoms with Crippen molar-refractivity contribution in [3.63, 3.8) is 0 Å². The third-order valence-electron chi connectivity index (χ3n) is 9.04. The molecule has 190 valence electrons. The number of fused-ring (bicyclic) bond motifs is 1. The Morgan fingerprint density at radius 3 is 2.39 bits per heavy atom. The minimum absolute atomic E-state index is 0.246. The van der Waals surface area contributed by atoms with Crippen molar-refractivity contribution in [1.29, 1.82) is 0 Å². The lowest BCUT2D eigenvalue weighted by Gasteiger charge is -2.45. The first-order valence-electron chi connectivity index (χ1n) is 13.2. The maximum absolute atomic E-state index is 13.4. The molecule has 4 atom stereocenters. The van der Waals surface area contributed by atoms with Crippen LogP contribution in [-0.4, -0.2) is 29.0 Å². The number of nitrogens with one attached hydrogen (secondary N) is 1. The van der Waals surface area contributed by atoms with Gasteiger partial charge in [0.1, 0.15) is 5.82 Å². The van der Waals surface area contributed by atoms with Gasteiger partial charge < -0.3 is 0 Å². The number of rotatable bonds is 4. The lowest BCUT2D eigenvalue weighted by Crippen LogP contribution is -2.61. The van der Waals surface area contributed by atoms with Gasteiger partial charge >= 0.3 is 0 Å². The molecular formula is C29H34FN3O2S. The molecule has 2 heterocycles. The third kappa shape index (κ3) is 3.91. The molecule has 7 heteroatoms. The summed E-state index contributed by atoms with van der Waals surface area (Å²) in [6.45, 7) is 2.06. The Kier molecular flexibility index (Phi) is 5.84. The van der Waals surface area contributed by atoms with Crippen LogP contribution in [0, 0.1) is 17.7 Å². The average Bonchev–Trinajstić information content (AvgIpc) is 3.33. The molecule has 2 fully saturated rings. The SMILES string of the molecule is CCCC1CC[C@]2(NS1(=O)=O)[C@@H]1CC[C@H]2Cc2ccc(-c3cc(-c4ccc(F)cc4)n(C)n3)cc2C1. The number of nitrogens with zero attached hydrogens (tertiary/aromatic N) is 2. The summed E-state index contributed by atoms with van der Waals surface area (Å²) in [5.41, 5.74) is 6.19. The van der Waals surface area contributed by atoms with Crippen LogP contribution in [-0.2, 0) is 29.9 Å². The van der Waals surface area contributed by atoms with E-state index >= 15 is 0 Å². The number of halogens is 1. The van der Waals surface area contributed by atoms with Crippen molar-refractivity contribution in [3.8, 4) is 22.5 Å². The third-order valence-corrected chi connectivity index (χ3v) is 11.1. The molecule has 1 aromatic heterocycles. The Hall–Kier alpha value is -2.51. The van der Waals surface area contributed by atoms with E-state index in [2.05, 4.69) is 35.9 Å². The van der Waals surface area contributed by atoms with E-state index in [0.29, 0.717) is 11.8 Å². The van der Waals surface area contributed by atoms with Gasteiger partial charge in [0, 0.05) is 18.2 Å². The van der Waals surface area contributed by atoms with E-state index in [1.807, 2.05) is 11.7 Å². The standard InChI is InChI=1S/C29H34FN3O2S/c1-3-4-26-13-14-29(32-36(26,34)35)23-9-10-24(29)17-22-15-21(6-5-20(22)16-23)27-18-28(33(2)31-27)19-7-11-25(30)12-8-19/h5-8,11-12,15,18,23-24,26,32H,3-4,9-10,13-14,16-17H2,1-2H3/t23-,24+,26?,29+/m0/s1. The quantitative estimate of drug-likeness (QED) is 0.497. The van der Waals surface area contributed by atoms with E-state index in [0.717, 1.165) is 73.9 Å². The molecule has 2 aliphatic carbocycles. The molecule has 3 aliphatic rings. The van der Waals surface area contributed by atoms with Crippen LogP contribution >= 0.6 is 0 Å². The molecule has 3 aromatic rings. The fourth-order valence-corrected chi connectivity index (χ4v) is 9.28.